The van der Waals surface area contributed by atoms with E-state index in [9.17, 15) is 0 Å². The first-order valence-corrected chi connectivity index (χ1v) is 5.37. The SMILES string of the molecule is CC(NCc1ccncc1)c1nccn1C. The van der Waals surface area contributed by atoms with E-state index in [0.717, 1.165) is 12.4 Å². The lowest BCUT2D eigenvalue weighted by Crippen LogP contribution is -2.20. The van der Waals surface area contributed by atoms with E-state index in [0.29, 0.717) is 0 Å². The zero-order valence-electron chi connectivity index (χ0n) is 9.59. The van der Waals surface area contributed by atoms with Gasteiger partial charge >= 0.3 is 0 Å². The number of hydrogen-bond donors (Lipinski definition) is 1. The number of nitrogens with one attached hydrogen (secondary N) is 1. The third-order valence-electron chi connectivity index (χ3n) is 2.61. The molecule has 0 fully saturated rings. The molecule has 16 heavy (non-hydrogen) atoms. The van der Waals surface area contributed by atoms with E-state index < -0.39 is 0 Å². The fourth-order valence-electron chi connectivity index (χ4n) is 1.66. The molecule has 0 saturated carbocycles. The molecule has 0 saturated heterocycles. The van der Waals surface area contributed by atoms with Crippen molar-refractivity contribution < 1.29 is 0 Å². The Morgan fingerprint density at radius 3 is 2.69 bits per heavy atom. The van der Waals surface area contributed by atoms with Gasteiger partial charge in [0.05, 0.1) is 6.04 Å². The minimum absolute atomic E-state index is 0.244. The predicted octanol–water partition coefficient (Wildman–Crippen LogP) is 1.67. The van der Waals surface area contributed by atoms with Crippen molar-refractivity contribution in [1.29, 1.82) is 0 Å². The summed E-state index contributed by atoms with van der Waals surface area (Å²) in [6.07, 6.45) is 7.39. The summed E-state index contributed by atoms with van der Waals surface area (Å²) >= 11 is 0. The van der Waals surface area contributed by atoms with E-state index in [2.05, 4.69) is 22.2 Å². The van der Waals surface area contributed by atoms with Gasteiger partial charge in [-0.1, -0.05) is 0 Å². The van der Waals surface area contributed by atoms with Crippen LogP contribution in [0.25, 0.3) is 0 Å². The number of imidazole rings is 1. The predicted molar refractivity (Wildman–Crippen MR) is 62.7 cm³/mol. The van der Waals surface area contributed by atoms with Gasteiger partial charge < -0.3 is 9.88 Å². The van der Waals surface area contributed by atoms with E-state index in [1.807, 2.05) is 48.5 Å². The Morgan fingerprint density at radius 2 is 2.06 bits per heavy atom. The van der Waals surface area contributed by atoms with Crippen molar-refractivity contribution in [3.8, 4) is 0 Å². The lowest BCUT2D eigenvalue weighted by molar-refractivity contribution is 0.530. The molecule has 2 aromatic heterocycles. The van der Waals surface area contributed by atoms with Crippen molar-refractivity contribution >= 4 is 0 Å². The molecule has 0 aliphatic rings. The van der Waals surface area contributed by atoms with Crippen molar-refractivity contribution in [3.63, 3.8) is 0 Å². The fourth-order valence-corrected chi connectivity index (χ4v) is 1.66. The Labute approximate surface area is 95.4 Å². The zero-order valence-corrected chi connectivity index (χ0v) is 9.59. The van der Waals surface area contributed by atoms with Crippen molar-refractivity contribution in [3.05, 3.63) is 48.3 Å². The first kappa shape index (κ1) is 10.8. The Morgan fingerprint density at radius 1 is 1.31 bits per heavy atom. The zero-order chi connectivity index (χ0) is 11.4. The van der Waals surface area contributed by atoms with Gasteiger partial charge in [0.1, 0.15) is 5.82 Å². The third-order valence-corrected chi connectivity index (χ3v) is 2.61. The molecule has 2 heterocycles. The van der Waals surface area contributed by atoms with Gasteiger partial charge in [0.25, 0.3) is 0 Å². The quantitative estimate of drug-likeness (QED) is 0.845. The van der Waals surface area contributed by atoms with Crippen LogP contribution in [0.4, 0.5) is 0 Å². The molecule has 0 spiro atoms. The van der Waals surface area contributed by atoms with Crippen LogP contribution in [0.1, 0.15) is 24.4 Å². The van der Waals surface area contributed by atoms with Crippen molar-refractivity contribution in [1.82, 2.24) is 19.9 Å². The smallest absolute Gasteiger partial charge is 0.125 e. The highest BCUT2D eigenvalue weighted by Gasteiger charge is 2.08. The highest BCUT2D eigenvalue weighted by Crippen LogP contribution is 2.09. The van der Waals surface area contributed by atoms with Crippen molar-refractivity contribution in [2.45, 2.75) is 19.5 Å². The molecular weight excluding hydrogens is 200 g/mol. The Hall–Kier alpha value is -1.68. The summed E-state index contributed by atoms with van der Waals surface area (Å²) in [5.41, 5.74) is 1.23. The van der Waals surface area contributed by atoms with Gasteiger partial charge in [-0.25, -0.2) is 4.98 Å². The molecule has 0 aliphatic heterocycles. The van der Waals surface area contributed by atoms with Crippen molar-refractivity contribution in [2.75, 3.05) is 0 Å². The van der Waals surface area contributed by atoms with Crippen LogP contribution in [0.15, 0.2) is 36.9 Å². The Kier molecular flexibility index (Phi) is 3.31. The van der Waals surface area contributed by atoms with Gasteiger partial charge in [-0.2, -0.15) is 0 Å². The molecule has 0 bridgehead atoms. The minimum atomic E-state index is 0.244. The molecule has 1 atom stereocenters. The van der Waals surface area contributed by atoms with E-state index >= 15 is 0 Å². The highest BCUT2D eigenvalue weighted by atomic mass is 15.1. The maximum Gasteiger partial charge on any atom is 0.125 e. The van der Waals surface area contributed by atoms with Crippen LogP contribution < -0.4 is 5.32 Å². The minimum Gasteiger partial charge on any atom is -0.337 e. The average Bonchev–Trinajstić information content (AvgIpc) is 2.74. The summed E-state index contributed by atoms with van der Waals surface area (Å²) in [7, 11) is 2.01. The number of aromatic nitrogens is 3. The summed E-state index contributed by atoms with van der Waals surface area (Å²) in [5.74, 6) is 1.05. The molecule has 0 aromatic carbocycles. The summed E-state index contributed by atoms with van der Waals surface area (Å²) in [6.45, 7) is 2.94. The number of nitrogens with zero attached hydrogens (tertiary/aromatic N) is 3. The molecule has 0 radical (unpaired) electrons. The van der Waals surface area contributed by atoms with E-state index in [1.165, 1.54) is 5.56 Å². The van der Waals surface area contributed by atoms with Crippen LogP contribution in [-0.2, 0) is 13.6 Å². The third kappa shape index (κ3) is 2.46. The van der Waals surface area contributed by atoms with Crippen LogP contribution in [0, 0.1) is 0 Å². The second-order valence-corrected chi connectivity index (χ2v) is 3.85. The first-order valence-electron chi connectivity index (χ1n) is 5.37. The first-order chi connectivity index (χ1) is 7.77. The Bertz CT molecular complexity index is 435. The Balaban J connectivity index is 1.94. The maximum absolute atomic E-state index is 4.32. The molecule has 0 amide bonds. The van der Waals surface area contributed by atoms with Crippen LogP contribution >= 0.6 is 0 Å². The van der Waals surface area contributed by atoms with Crippen LogP contribution in [0.2, 0.25) is 0 Å². The lowest BCUT2D eigenvalue weighted by atomic mass is 10.2. The van der Waals surface area contributed by atoms with Gasteiger partial charge in [-0.15, -0.1) is 0 Å². The molecule has 4 heteroatoms. The van der Waals surface area contributed by atoms with Crippen LogP contribution in [-0.4, -0.2) is 14.5 Å². The van der Waals surface area contributed by atoms with Gasteiger partial charge in [-0.3, -0.25) is 4.98 Å². The monoisotopic (exact) mass is 216 g/mol. The summed E-state index contributed by atoms with van der Waals surface area (Å²) in [6, 6.07) is 4.27. The summed E-state index contributed by atoms with van der Waals surface area (Å²) < 4.78 is 2.03. The molecule has 2 rings (SSSR count). The number of aryl methyl sites for hydroxylation is 1. The van der Waals surface area contributed by atoms with Crippen molar-refractivity contribution in [2.24, 2.45) is 7.05 Å². The second kappa shape index (κ2) is 4.90. The molecular formula is C12H16N4. The van der Waals surface area contributed by atoms with Crippen LogP contribution in [0.5, 0.6) is 0 Å². The summed E-state index contributed by atoms with van der Waals surface area (Å²) in [4.78, 5) is 8.31. The van der Waals surface area contributed by atoms with E-state index in [-0.39, 0.29) is 6.04 Å². The topological polar surface area (TPSA) is 42.7 Å². The molecule has 84 valence electrons. The number of rotatable bonds is 4. The van der Waals surface area contributed by atoms with E-state index in [4.69, 9.17) is 0 Å². The van der Waals surface area contributed by atoms with Gasteiger partial charge in [0.15, 0.2) is 0 Å². The van der Waals surface area contributed by atoms with Gasteiger partial charge in [-0.05, 0) is 24.6 Å². The summed E-state index contributed by atoms with van der Waals surface area (Å²) in [5, 5.41) is 3.43. The molecule has 1 unspecified atom stereocenters. The molecule has 1 N–H and O–H groups in total. The second-order valence-electron chi connectivity index (χ2n) is 3.85. The van der Waals surface area contributed by atoms with Gasteiger partial charge in [0, 0.05) is 38.4 Å². The lowest BCUT2D eigenvalue weighted by Gasteiger charge is -2.13. The maximum atomic E-state index is 4.32. The number of pyridine rings is 1. The van der Waals surface area contributed by atoms with E-state index in [1.54, 1.807) is 0 Å². The molecule has 0 aliphatic carbocycles. The normalized spacial score (nSPS) is 12.6. The fraction of sp³-hybridized carbons (Fsp3) is 0.333. The number of hydrogen-bond acceptors (Lipinski definition) is 3. The average molecular weight is 216 g/mol. The molecule has 2 aromatic rings. The largest absolute Gasteiger partial charge is 0.337 e. The standard InChI is InChI=1S/C12H16N4/c1-10(12-14-7-8-16(12)2)15-9-11-3-5-13-6-4-11/h3-8,10,15H,9H2,1-2H3. The van der Waals surface area contributed by atoms with Crippen LogP contribution in [0.3, 0.4) is 0 Å². The molecule has 4 nitrogen and oxygen atoms in total. The highest BCUT2D eigenvalue weighted by molar-refractivity contribution is 5.09. The van der Waals surface area contributed by atoms with Gasteiger partial charge in [0.2, 0.25) is 0 Å².